The lowest BCUT2D eigenvalue weighted by Gasteiger charge is -2.58. The van der Waals surface area contributed by atoms with Gasteiger partial charge in [-0.15, -0.1) is 0 Å². The number of fused-ring (bicyclic) bond motifs is 5. The van der Waals surface area contributed by atoms with Crippen LogP contribution in [0.5, 0.6) is 0 Å². The number of carbonyl (C=O) groups is 1. The second-order valence-corrected chi connectivity index (χ2v) is 15.2. The topological polar surface area (TPSA) is 26.3 Å². The maximum absolute atomic E-state index is 12.4. The van der Waals surface area contributed by atoms with Crippen molar-refractivity contribution in [1.29, 1.82) is 0 Å². The second kappa shape index (κ2) is 12.2. The van der Waals surface area contributed by atoms with Crippen molar-refractivity contribution < 1.29 is 9.53 Å². The van der Waals surface area contributed by atoms with Crippen LogP contribution < -0.4 is 0 Å². The van der Waals surface area contributed by atoms with Crippen LogP contribution in [-0.2, 0) is 9.53 Å². The Hall–Kier alpha value is -0.440. The molecule has 0 aliphatic heterocycles. The Labute approximate surface area is 247 Å². The maximum Gasteiger partial charge on any atom is 0.311 e. The first-order valence-electron chi connectivity index (χ1n) is 15.2. The van der Waals surface area contributed by atoms with Crippen LogP contribution in [-0.4, -0.2) is 12.1 Å². The Morgan fingerprint density at radius 1 is 1.05 bits per heavy atom. The van der Waals surface area contributed by atoms with Gasteiger partial charge >= 0.3 is 5.97 Å². The minimum absolute atomic E-state index is 0.0625. The van der Waals surface area contributed by atoms with Gasteiger partial charge in [0, 0.05) is 6.42 Å². The molecular weight excluding hydrogens is 535 g/mol. The van der Waals surface area contributed by atoms with E-state index in [-0.39, 0.29) is 33.4 Å². The van der Waals surface area contributed by atoms with Crippen molar-refractivity contribution >= 4 is 40.8 Å². The van der Waals surface area contributed by atoms with Crippen LogP contribution in [0.2, 0.25) is 0 Å². The van der Waals surface area contributed by atoms with Gasteiger partial charge in [-0.2, -0.15) is 0 Å². The molecule has 38 heavy (non-hydrogen) atoms. The molecule has 4 aliphatic rings. The Balaban J connectivity index is 1.44. The van der Waals surface area contributed by atoms with Gasteiger partial charge in [0.25, 0.3) is 0 Å². The fraction of sp³-hybridized carbons (Fsp3) is 0.788. The van der Waals surface area contributed by atoms with Gasteiger partial charge in [0.15, 0.2) is 0 Å². The Morgan fingerprint density at radius 3 is 2.45 bits per heavy atom. The third-order valence-corrected chi connectivity index (χ3v) is 12.5. The van der Waals surface area contributed by atoms with Crippen LogP contribution in [0, 0.1) is 52.3 Å². The molecule has 0 N–H and O–H groups in total. The summed E-state index contributed by atoms with van der Waals surface area (Å²) in [6, 6.07) is 0. The van der Waals surface area contributed by atoms with Crippen LogP contribution in [0.25, 0.3) is 0 Å². The summed E-state index contributed by atoms with van der Waals surface area (Å²) in [5.41, 5.74) is 2.21. The molecule has 4 unspecified atom stereocenters. The van der Waals surface area contributed by atoms with Crippen molar-refractivity contribution in [1.82, 2.24) is 0 Å². The molecule has 0 radical (unpaired) electrons. The van der Waals surface area contributed by atoms with Gasteiger partial charge < -0.3 is 4.74 Å². The molecule has 0 aromatic rings. The molecule has 0 aromatic carbocycles. The number of carbonyl (C=O) groups excluding carboxylic acids is 1. The molecule has 0 bridgehead atoms. The molecule has 0 heterocycles. The van der Waals surface area contributed by atoms with Crippen molar-refractivity contribution in [2.75, 3.05) is 0 Å². The zero-order valence-electron chi connectivity index (χ0n) is 24.4. The van der Waals surface area contributed by atoms with Gasteiger partial charge in [-0.3, -0.25) is 4.79 Å². The summed E-state index contributed by atoms with van der Waals surface area (Å²) in [7, 11) is 0. The van der Waals surface area contributed by atoms with Gasteiger partial charge in [-0.25, -0.2) is 0 Å². The average molecular weight is 584 g/mol. The van der Waals surface area contributed by atoms with E-state index < -0.39 is 0 Å². The standard InChI is InChI=1S/C33H49Cl3O2/c1-7-22(20(2)3)9-8-21(4)26-12-13-27-25-11-10-23-18-24(38-30(37)19-29(34)31(35)36)14-16-32(23,5)28(25)15-17-33(26,27)6/h8-10,20-22,24-28H,7,11-19H2,1-6H3/b9-8+/t21-,22?,24+,25?,26-,27?,28?,32+,33-/m1/s1. The molecular formula is C33H49Cl3O2. The molecule has 3 fully saturated rings. The summed E-state index contributed by atoms with van der Waals surface area (Å²) < 4.78 is 5.74. The van der Waals surface area contributed by atoms with E-state index in [1.807, 2.05) is 0 Å². The summed E-state index contributed by atoms with van der Waals surface area (Å²) in [5.74, 6) is 4.88. The van der Waals surface area contributed by atoms with Gasteiger partial charge in [0.1, 0.15) is 10.6 Å². The predicted molar refractivity (Wildman–Crippen MR) is 161 cm³/mol. The van der Waals surface area contributed by atoms with E-state index in [1.54, 1.807) is 0 Å². The number of allylic oxidation sites excluding steroid dienone is 3. The lowest BCUT2D eigenvalue weighted by atomic mass is 9.47. The third-order valence-electron chi connectivity index (χ3n) is 11.6. The SMILES string of the molecule is CCC(/C=C/[C@@H](C)[C@H]1CCC2C3CC=C4C[C@@H](OC(=O)CC(Cl)=C(Cl)Cl)CC[C@]4(C)C3CC[C@@]21C)C(C)C. The fourth-order valence-corrected chi connectivity index (χ4v) is 9.58. The Morgan fingerprint density at radius 2 is 1.79 bits per heavy atom. The maximum atomic E-state index is 12.4. The lowest BCUT2D eigenvalue weighted by Crippen LogP contribution is -2.51. The smallest absolute Gasteiger partial charge is 0.311 e. The first-order valence-corrected chi connectivity index (χ1v) is 16.3. The monoisotopic (exact) mass is 582 g/mol. The summed E-state index contributed by atoms with van der Waals surface area (Å²) >= 11 is 17.4. The molecule has 0 aromatic heterocycles. The zero-order chi connectivity index (χ0) is 27.8. The minimum Gasteiger partial charge on any atom is -0.462 e. The van der Waals surface area contributed by atoms with Gasteiger partial charge in [-0.1, -0.05) is 100 Å². The van der Waals surface area contributed by atoms with Crippen LogP contribution in [0.1, 0.15) is 106 Å². The number of esters is 1. The van der Waals surface area contributed by atoms with Gasteiger partial charge in [-0.05, 0) is 104 Å². The van der Waals surface area contributed by atoms with Gasteiger partial charge in [0.2, 0.25) is 0 Å². The number of hydrogen-bond acceptors (Lipinski definition) is 2. The second-order valence-electron chi connectivity index (χ2n) is 13.7. The van der Waals surface area contributed by atoms with Crippen LogP contribution in [0.15, 0.2) is 33.3 Å². The van der Waals surface area contributed by atoms with E-state index in [0.29, 0.717) is 23.2 Å². The number of halogens is 3. The van der Waals surface area contributed by atoms with E-state index in [2.05, 4.69) is 59.8 Å². The summed E-state index contributed by atoms with van der Waals surface area (Å²) in [4.78, 5) is 12.4. The molecule has 0 amide bonds. The van der Waals surface area contributed by atoms with Crippen molar-refractivity contribution in [2.24, 2.45) is 52.3 Å². The van der Waals surface area contributed by atoms with Crippen molar-refractivity contribution in [2.45, 2.75) is 112 Å². The fourth-order valence-electron chi connectivity index (χ4n) is 9.34. The van der Waals surface area contributed by atoms with Crippen LogP contribution in [0.3, 0.4) is 0 Å². The first kappa shape index (κ1) is 30.5. The highest BCUT2D eigenvalue weighted by molar-refractivity contribution is 6.59. The van der Waals surface area contributed by atoms with E-state index >= 15 is 0 Å². The van der Waals surface area contributed by atoms with E-state index in [1.165, 1.54) is 44.1 Å². The summed E-state index contributed by atoms with van der Waals surface area (Å²) in [6.45, 7) is 14.7. The van der Waals surface area contributed by atoms with E-state index in [4.69, 9.17) is 39.5 Å². The van der Waals surface area contributed by atoms with E-state index in [9.17, 15) is 4.79 Å². The average Bonchev–Trinajstić information content (AvgIpc) is 3.21. The largest absolute Gasteiger partial charge is 0.462 e. The summed E-state index contributed by atoms with van der Waals surface area (Å²) in [6.07, 6.45) is 18.3. The highest BCUT2D eigenvalue weighted by Gasteiger charge is 2.59. The molecule has 214 valence electrons. The van der Waals surface area contributed by atoms with Gasteiger partial charge in [0.05, 0.1) is 11.5 Å². The normalized spacial score (nSPS) is 38.2. The molecule has 2 nitrogen and oxygen atoms in total. The van der Waals surface area contributed by atoms with Crippen molar-refractivity contribution in [3.05, 3.63) is 33.3 Å². The van der Waals surface area contributed by atoms with Crippen molar-refractivity contribution in [3.8, 4) is 0 Å². The lowest BCUT2D eigenvalue weighted by molar-refractivity contribution is -0.150. The molecule has 4 rings (SSSR count). The molecule has 3 saturated carbocycles. The third kappa shape index (κ3) is 5.94. The Kier molecular flexibility index (Phi) is 9.80. The zero-order valence-corrected chi connectivity index (χ0v) is 26.6. The number of hydrogen-bond donors (Lipinski definition) is 0. The van der Waals surface area contributed by atoms with E-state index in [0.717, 1.165) is 42.9 Å². The minimum atomic E-state index is -0.344. The quantitative estimate of drug-likeness (QED) is 0.210. The first-order chi connectivity index (χ1) is 17.9. The van der Waals surface area contributed by atoms with Crippen LogP contribution >= 0.6 is 34.8 Å². The molecule has 4 aliphatic carbocycles. The molecule has 0 spiro atoms. The number of ether oxygens (including phenoxy) is 1. The van der Waals surface area contributed by atoms with Crippen molar-refractivity contribution in [3.63, 3.8) is 0 Å². The molecule has 5 heteroatoms. The highest BCUT2D eigenvalue weighted by Crippen LogP contribution is 2.67. The predicted octanol–water partition coefficient (Wildman–Crippen LogP) is 10.6. The highest BCUT2D eigenvalue weighted by atomic mass is 35.5. The number of rotatable bonds is 8. The summed E-state index contributed by atoms with van der Waals surface area (Å²) in [5, 5.41) is 0.147. The molecule has 0 saturated heterocycles. The van der Waals surface area contributed by atoms with Crippen LogP contribution in [0.4, 0.5) is 0 Å². The molecule has 9 atom stereocenters. The Bertz CT molecular complexity index is 963.